The molecule has 0 saturated carbocycles. The number of carbonyl (C=O) groups excluding carboxylic acids is 1. The first-order chi connectivity index (χ1) is 9.08. The molecule has 6 heteroatoms. The Morgan fingerprint density at radius 1 is 1.26 bits per heavy atom. The van der Waals surface area contributed by atoms with E-state index in [1.807, 2.05) is 18.7 Å². The van der Waals surface area contributed by atoms with Gasteiger partial charge in [-0.25, -0.2) is 4.98 Å². The summed E-state index contributed by atoms with van der Waals surface area (Å²) in [7, 11) is 0. The van der Waals surface area contributed by atoms with Crippen LogP contribution in [0.4, 0.5) is 5.82 Å². The minimum atomic E-state index is 0.0533. The van der Waals surface area contributed by atoms with Crippen LogP contribution in [0.1, 0.15) is 20.3 Å². The Bertz CT molecular complexity index is 452. The normalized spacial score (nSPS) is 16.6. The molecule has 5 nitrogen and oxygen atoms in total. The lowest BCUT2D eigenvalue weighted by molar-refractivity contribution is -0.134. The minimum absolute atomic E-state index is 0.0533. The second kappa shape index (κ2) is 6.19. The third-order valence-electron chi connectivity index (χ3n) is 3.22. The number of anilines is 1. The number of halogens is 1. The molecule has 1 aromatic rings. The van der Waals surface area contributed by atoms with Gasteiger partial charge in [0, 0.05) is 32.1 Å². The Morgan fingerprint density at radius 3 is 2.74 bits per heavy atom. The smallest absolute Gasteiger partial charge is 0.225 e. The molecule has 1 aromatic heterocycles. The first-order valence-corrected chi connectivity index (χ1v) is 6.97. The molecule has 19 heavy (non-hydrogen) atoms. The quantitative estimate of drug-likeness (QED) is 0.830. The maximum atomic E-state index is 12.0. The molecule has 0 atom stereocenters. The van der Waals surface area contributed by atoms with E-state index in [4.69, 9.17) is 11.6 Å². The predicted molar refractivity (Wildman–Crippen MR) is 75.3 cm³/mol. The molecule has 1 saturated heterocycles. The summed E-state index contributed by atoms with van der Waals surface area (Å²) in [6, 6.07) is 0. The number of hydrogen-bond acceptors (Lipinski definition) is 4. The van der Waals surface area contributed by atoms with Crippen LogP contribution in [0, 0.1) is 5.92 Å². The van der Waals surface area contributed by atoms with Crippen molar-refractivity contribution in [1.82, 2.24) is 14.9 Å². The van der Waals surface area contributed by atoms with Crippen LogP contribution in [0.15, 0.2) is 12.4 Å². The lowest BCUT2D eigenvalue weighted by atomic mass is 10.2. The molecule has 1 aliphatic rings. The largest absolute Gasteiger partial charge is 0.353 e. The summed E-state index contributed by atoms with van der Waals surface area (Å²) in [5.41, 5.74) is 0. The number of carbonyl (C=O) groups is 1. The van der Waals surface area contributed by atoms with E-state index in [1.54, 1.807) is 6.20 Å². The highest BCUT2D eigenvalue weighted by molar-refractivity contribution is 6.29. The average Bonchev–Trinajstić information content (AvgIpc) is 2.63. The van der Waals surface area contributed by atoms with Crippen molar-refractivity contribution >= 4 is 23.3 Å². The van der Waals surface area contributed by atoms with E-state index in [-0.39, 0.29) is 11.8 Å². The fourth-order valence-electron chi connectivity index (χ4n) is 2.22. The molecule has 0 N–H and O–H groups in total. The number of amides is 1. The first kappa shape index (κ1) is 14.1. The third kappa shape index (κ3) is 3.56. The molecule has 104 valence electrons. The molecule has 2 rings (SSSR count). The summed E-state index contributed by atoms with van der Waals surface area (Å²) >= 11 is 5.86. The van der Waals surface area contributed by atoms with Crippen LogP contribution in [0.25, 0.3) is 0 Å². The van der Waals surface area contributed by atoms with Gasteiger partial charge in [-0.3, -0.25) is 9.78 Å². The Hall–Kier alpha value is -1.36. The van der Waals surface area contributed by atoms with Gasteiger partial charge in [0.2, 0.25) is 5.91 Å². The van der Waals surface area contributed by atoms with Crippen molar-refractivity contribution in [1.29, 1.82) is 0 Å². The lowest BCUT2D eigenvalue weighted by Gasteiger charge is -2.23. The van der Waals surface area contributed by atoms with Gasteiger partial charge in [-0.05, 0) is 6.42 Å². The molecule has 0 spiro atoms. The summed E-state index contributed by atoms with van der Waals surface area (Å²) in [6.07, 6.45) is 4.18. The first-order valence-electron chi connectivity index (χ1n) is 6.59. The van der Waals surface area contributed by atoms with Crippen molar-refractivity contribution in [2.75, 3.05) is 31.1 Å². The van der Waals surface area contributed by atoms with Crippen molar-refractivity contribution in [3.63, 3.8) is 0 Å². The van der Waals surface area contributed by atoms with Gasteiger partial charge in [-0.2, -0.15) is 0 Å². The van der Waals surface area contributed by atoms with Crippen LogP contribution >= 0.6 is 11.6 Å². The molecule has 0 aromatic carbocycles. The summed E-state index contributed by atoms with van der Waals surface area (Å²) in [6.45, 7) is 7.05. The Morgan fingerprint density at radius 2 is 2.05 bits per heavy atom. The minimum Gasteiger partial charge on any atom is -0.353 e. The topological polar surface area (TPSA) is 49.3 Å². The van der Waals surface area contributed by atoms with Crippen molar-refractivity contribution < 1.29 is 4.79 Å². The van der Waals surface area contributed by atoms with E-state index in [2.05, 4.69) is 14.9 Å². The fraction of sp³-hybridized carbons (Fsp3) is 0.615. The Kier molecular flexibility index (Phi) is 4.58. The molecule has 1 fully saturated rings. The summed E-state index contributed by atoms with van der Waals surface area (Å²) in [5.74, 6) is 1.06. The molecular weight excluding hydrogens is 264 g/mol. The summed E-state index contributed by atoms with van der Waals surface area (Å²) in [4.78, 5) is 24.4. The number of rotatable bonds is 2. The number of nitrogens with zero attached hydrogens (tertiary/aromatic N) is 4. The van der Waals surface area contributed by atoms with Crippen LogP contribution in [0.3, 0.4) is 0 Å². The van der Waals surface area contributed by atoms with Crippen molar-refractivity contribution in [2.45, 2.75) is 20.3 Å². The second-order valence-corrected chi connectivity index (χ2v) is 5.41. The van der Waals surface area contributed by atoms with E-state index in [0.29, 0.717) is 5.15 Å². The van der Waals surface area contributed by atoms with Gasteiger partial charge in [-0.15, -0.1) is 0 Å². The van der Waals surface area contributed by atoms with Crippen LogP contribution in [0.5, 0.6) is 0 Å². The Balaban J connectivity index is 2.02. The van der Waals surface area contributed by atoms with E-state index >= 15 is 0 Å². The standard InChI is InChI=1S/C13H19ClN4O/c1-10(2)13(19)18-5-3-4-17(6-7-18)12-9-15-8-11(14)16-12/h8-10H,3-7H2,1-2H3. The van der Waals surface area contributed by atoms with Gasteiger partial charge in [-0.1, -0.05) is 25.4 Å². The van der Waals surface area contributed by atoms with E-state index in [0.717, 1.165) is 38.4 Å². The van der Waals surface area contributed by atoms with Crippen LogP contribution in [-0.2, 0) is 4.79 Å². The maximum Gasteiger partial charge on any atom is 0.225 e. The molecule has 0 bridgehead atoms. The van der Waals surface area contributed by atoms with Gasteiger partial charge in [0.05, 0.1) is 12.4 Å². The number of hydrogen-bond donors (Lipinski definition) is 0. The molecule has 1 aliphatic heterocycles. The van der Waals surface area contributed by atoms with Crippen LogP contribution < -0.4 is 4.90 Å². The summed E-state index contributed by atoms with van der Waals surface area (Å²) < 4.78 is 0. The van der Waals surface area contributed by atoms with Gasteiger partial charge >= 0.3 is 0 Å². The van der Waals surface area contributed by atoms with Crippen molar-refractivity contribution in [3.8, 4) is 0 Å². The van der Waals surface area contributed by atoms with Gasteiger partial charge in [0.25, 0.3) is 0 Å². The lowest BCUT2D eigenvalue weighted by Crippen LogP contribution is -2.37. The molecule has 0 radical (unpaired) electrons. The maximum absolute atomic E-state index is 12.0. The zero-order chi connectivity index (χ0) is 13.8. The predicted octanol–water partition coefficient (Wildman–Crippen LogP) is 1.82. The average molecular weight is 283 g/mol. The fourth-order valence-corrected chi connectivity index (χ4v) is 2.36. The molecule has 0 unspecified atom stereocenters. The van der Waals surface area contributed by atoms with Gasteiger partial charge in [0.15, 0.2) is 0 Å². The van der Waals surface area contributed by atoms with Crippen molar-refractivity contribution in [3.05, 3.63) is 17.5 Å². The highest BCUT2D eigenvalue weighted by Crippen LogP contribution is 2.16. The zero-order valence-electron chi connectivity index (χ0n) is 11.3. The van der Waals surface area contributed by atoms with E-state index < -0.39 is 0 Å². The number of aromatic nitrogens is 2. The molecular formula is C13H19ClN4O. The summed E-state index contributed by atoms with van der Waals surface area (Å²) in [5, 5.41) is 0.400. The SMILES string of the molecule is CC(C)C(=O)N1CCCN(c2cncc(Cl)n2)CC1. The van der Waals surface area contributed by atoms with E-state index in [9.17, 15) is 4.79 Å². The highest BCUT2D eigenvalue weighted by Gasteiger charge is 2.21. The highest BCUT2D eigenvalue weighted by atomic mass is 35.5. The van der Waals surface area contributed by atoms with Crippen LogP contribution in [-0.4, -0.2) is 47.0 Å². The van der Waals surface area contributed by atoms with Gasteiger partial charge < -0.3 is 9.80 Å². The third-order valence-corrected chi connectivity index (χ3v) is 3.40. The monoisotopic (exact) mass is 282 g/mol. The molecule has 2 heterocycles. The van der Waals surface area contributed by atoms with E-state index in [1.165, 1.54) is 6.20 Å². The van der Waals surface area contributed by atoms with Crippen LogP contribution in [0.2, 0.25) is 5.15 Å². The Labute approximate surface area is 118 Å². The zero-order valence-corrected chi connectivity index (χ0v) is 12.1. The van der Waals surface area contributed by atoms with Crippen molar-refractivity contribution in [2.24, 2.45) is 5.92 Å². The molecule has 0 aliphatic carbocycles. The molecule has 1 amide bonds. The van der Waals surface area contributed by atoms with Gasteiger partial charge in [0.1, 0.15) is 11.0 Å². The second-order valence-electron chi connectivity index (χ2n) is 5.02.